The molecule has 0 unspecified atom stereocenters. The number of nitrogens with one attached hydrogen (secondary N) is 1. The lowest BCUT2D eigenvalue weighted by molar-refractivity contribution is -0.384. The molecule has 10 heteroatoms. The Balaban J connectivity index is 1.79. The Labute approximate surface area is 221 Å². The van der Waals surface area contributed by atoms with Crippen LogP contribution in [0, 0.1) is 28.6 Å². The molecule has 3 aromatic carbocycles. The molecule has 0 spiro atoms. The van der Waals surface area contributed by atoms with Crippen molar-refractivity contribution in [3.8, 4) is 11.8 Å². The number of amides is 1. The molecule has 0 atom stereocenters. The van der Waals surface area contributed by atoms with Crippen molar-refractivity contribution in [3.05, 3.63) is 99.6 Å². The molecule has 0 aliphatic heterocycles. The molecule has 0 aliphatic carbocycles. The Kier molecular flexibility index (Phi) is 8.65. The van der Waals surface area contributed by atoms with Crippen molar-refractivity contribution in [1.82, 2.24) is 0 Å². The number of nitro benzene ring substituents is 1. The zero-order valence-corrected chi connectivity index (χ0v) is 21.8. The fourth-order valence-corrected chi connectivity index (χ4v) is 5.09. The first-order chi connectivity index (χ1) is 15.8. The van der Waals surface area contributed by atoms with Crippen molar-refractivity contribution in [2.45, 2.75) is 6.61 Å². The van der Waals surface area contributed by atoms with E-state index in [9.17, 15) is 20.2 Å². The van der Waals surface area contributed by atoms with Crippen molar-refractivity contribution >= 4 is 80.1 Å². The highest BCUT2D eigenvalue weighted by Crippen LogP contribution is 2.31. The van der Waals surface area contributed by atoms with E-state index in [0.717, 1.165) is 12.7 Å². The fraction of sp³-hybridized carbons (Fsp3) is 0.0435. The minimum absolute atomic E-state index is 0.141. The van der Waals surface area contributed by atoms with Crippen LogP contribution in [0.5, 0.6) is 5.75 Å². The maximum absolute atomic E-state index is 12.5. The van der Waals surface area contributed by atoms with Gasteiger partial charge in [0.05, 0.1) is 12.1 Å². The normalized spacial score (nSPS) is 10.9. The summed E-state index contributed by atoms with van der Waals surface area (Å²) in [4.78, 5) is 22.9. The summed E-state index contributed by atoms with van der Waals surface area (Å²) in [5.74, 6) is 0.00915. The van der Waals surface area contributed by atoms with Gasteiger partial charge in [0.25, 0.3) is 11.6 Å². The number of nitriles is 1. The molecule has 0 radical (unpaired) electrons. The topological polar surface area (TPSA) is 105 Å². The first-order valence-corrected chi connectivity index (χ1v) is 11.8. The molecule has 0 heterocycles. The fourth-order valence-electron chi connectivity index (χ4n) is 2.78. The highest BCUT2D eigenvalue weighted by Gasteiger charge is 2.14. The van der Waals surface area contributed by atoms with E-state index in [-0.39, 0.29) is 16.9 Å². The van der Waals surface area contributed by atoms with Crippen LogP contribution in [0.2, 0.25) is 5.02 Å². The third kappa shape index (κ3) is 6.66. The zero-order valence-electron chi connectivity index (χ0n) is 16.7. The van der Waals surface area contributed by atoms with Crippen LogP contribution in [0.3, 0.4) is 0 Å². The van der Waals surface area contributed by atoms with Crippen LogP contribution in [0.15, 0.2) is 66.2 Å². The second kappa shape index (κ2) is 11.4. The Morgan fingerprint density at radius 1 is 1.15 bits per heavy atom. The molecule has 0 saturated carbocycles. The summed E-state index contributed by atoms with van der Waals surface area (Å²) in [6, 6.07) is 18.4. The van der Waals surface area contributed by atoms with Crippen molar-refractivity contribution in [2.24, 2.45) is 0 Å². The van der Waals surface area contributed by atoms with Gasteiger partial charge in [-0.25, -0.2) is 0 Å². The van der Waals surface area contributed by atoms with Gasteiger partial charge >= 0.3 is 0 Å². The van der Waals surface area contributed by atoms with Gasteiger partial charge in [-0.05, 0) is 81.1 Å². The molecule has 1 amide bonds. The second-order valence-electron chi connectivity index (χ2n) is 6.63. The number of ether oxygens (including phenoxy) is 1. The summed E-state index contributed by atoms with van der Waals surface area (Å²) in [6.07, 6.45) is 1.45. The molecule has 3 rings (SSSR count). The van der Waals surface area contributed by atoms with E-state index >= 15 is 0 Å². The Morgan fingerprint density at radius 2 is 1.85 bits per heavy atom. The summed E-state index contributed by atoms with van der Waals surface area (Å²) in [6.45, 7) is 0.302. The predicted molar refractivity (Wildman–Crippen MR) is 143 cm³/mol. The number of nitro groups is 1. The average molecular weight is 686 g/mol. The molecule has 0 aliphatic rings. The minimum atomic E-state index is -0.665. The van der Waals surface area contributed by atoms with Crippen LogP contribution >= 0.6 is 56.8 Å². The lowest BCUT2D eigenvalue weighted by atomic mass is 10.1. The lowest BCUT2D eigenvalue weighted by Gasteiger charge is -2.12. The van der Waals surface area contributed by atoms with Crippen LogP contribution in [-0.4, -0.2) is 10.8 Å². The number of hydrogen-bond acceptors (Lipinski definition) is 5. The van der Waals surface area contributed by atoms with E-state index < -0.39 is 10.8 Å². The third-order valence-electron chi connectivity index (χ3n) is 4.34. The predicted octanol–water partition coefficient (Wildman–Crippen LogP) is 6.58. The number of carbonyl (C=O) groups excluding carboxylic acids is 1. The number of benzene rings is 3. The summed E-state index contributed by atoms with van der Waals surface area (Å²) >= 11 is 10.4. The molecule has 0 aromatic heterocycles. The molecule has 0 bridgehead atoms. The van der Waals surface area contributed by atoms with Gasteiger partial charge in [0.2, 0.25) is 0 Å². The maximum Gasteiger partial charge on any atom is 0.271 e. The van der Waals surface area contributed by atoms with Crippen molar-refractivity contribution < 1.29 is 14.5 Å². The standard InChI is InChI=1S/C23H14ClI2N3O4/c24-19-7-2-1-4-15(19)13-33-22-20(25)9-14(10-21(22)26)8-16(12-27)23(30)28-17-5-3-6-18(11-17)29(31)32/h1-11H,13H2,(H,28,30)/b16-8+. The van der Waals surface area contributed by atoms with Crippen LogP contribution in [-0.2, 0) is 11.4 Å². The summed E-state index contributed by atoms with van der Waals surface area (Å²) < 4.78 is 7.56. The first-order valence-electron chi connectivity index (χ1n) is 9.31. The van der Waals surface area contributed by atoms with Gasteiger partial charge in [0, 0.05) is 28.4 Å². The summed E-state index contributed by atoms with van der Waals surface area (Å²) in [5.41, 5.74) is 1.42. The Bertz CT molecular complexity index is 1280. The number of rotatable bonds is 7. The van der Waals surface area contributed by atoms with Gasteiger partial charge in [0.15, 0.2) is 0 Å². The van der Waals surface area contributed by atoms with E-state index in [1.165, 1.54) is 30.3 Å². The van der Waals surface area contributed by atoms with E-state index in [1.54, 1.807) is 18.2 Å². The number of halogens is 3. The second-order valence-corrected chi connectivity index (χ2v) is 9.36. The molecule has 3 aromatic rings. The first kappa shape index (κ1) is 24.9. The highest BCUT2D eigenvalue weighted by atomic mass is 127. The van der Waals surface area contributed by atoms with E-state index in [1.807, 2.05) is 24.3 Å². The molecule has 0 fully saturated rings. The van der Waals surface area contributed by atoms with Gasteiger partial charge in [-0.15, -0.1) is 0 Å². The minimum Gasteiger partial charge on any atom is -0.487 e. The Hall–Kier alpha value is -2.69. The van der Waals surface area contributed by atoms with Crippen molar-refractivity contribution in [3.63, 3.8) is 0 Å². The van der Waals surface area contributed by atoms with Crippen molar-refractivity contribution in [1.29, 1.82) is 5.26 Å². The molecule has 1 N–H and O–H groups in total. The maximum atomic E-state index is 12.5. The number of non-ortho nitro benzene ring substituents is 1. The van der Waals surface area contributed by atoms with E-state index in [0.29, 0.717) is 22.9 Å². The third-order valence-corrected chi connectivity index (χ3v) is 6.31. The van der Waals surface area contributed by atoms with Crippen molar-refractivity contribution in [2.75, 3.05) is 5.32 Å². The zero-order chi connectivity index (χ0) is 24.0. The molecule has 7 nitrogen and oxygen atoms in total. The van der Waals surface area contributed by atoms with Crippen LogP contribution in [0.1, 0.15) is 11.1 Å². The van der Waals surface area contributed by atoms with E-state index in [4.69, 9.17) is 16.3 Å². The average Bonchev–Trinajstić information content (AvgIpc) is 2.78. The summed E-state index contributed by atoms with van der Waals surface area (Å²) in [7, 11) is 0. The number of carbonyl (C=O) groups is 1. The Morgan fingerprint density at radius 3 is 2.48 bits per heavy atom. The van der Waals surface area contributed by atoms with E-state index in [2.05, 4.69) is 50.5 Å². The molecular weight excluding hydrogens is 672 g/mol. The molecule has 0 saturated heterocycles. The number of hydrogen-bond donors (Lipinski definition) is 1. The number of anilines is 1. The lowest BCUT2D eigenvalue weighted by Crippen LogP contribution is -2.13. The van der Waals surface area contributed by atoms with Gasteiger partial charge in [-0.1, -0.05) is 35.9 Å². The van der Waals surface area contributed by atoms with Gasteiger partial charge in [-0.2, -0.15) is 5.26 Å². The van der Waals surface area contributed by atoms with Gasteiger partial charge < -0.3 is 10.1 Å². The van der Waals surface area contributed by atoms with Gasteiger partial charge in [0.1, 0.15) is 24.0 Å². The van der Waals surface area contributed by atoms with Crippen LogP contribution < -0.4 is 10.1 Å². The van der Waals surface area contributed by atoms with Gasteiger partial charge in [-0.3, -0.25) is 14.9 Å². The quantitative estimate of drug-likeness (QED) is 0.0995. The summed E-state index contributed by atoms with van der Waals surface area (Å²) in [5, 5.41) is 23.5. The molecule has 33 heavy (non-hydrogen) atoms. The van der Waals surface area contributed by atoms with Crippen LogP contribution in [0.25, 0.3) is 6.08 Å². The van der Waals surface area contributed by atoms with Crippen LogP contribution in [0.4, 0.5) is 11.4 Å². The SMILES string of the molecule is N#C/C(=C\c1cc(I)c(OCc2ccccc2Cl)c(I)c1)C(=O)Nc1cccc([N+](=O)[O-])c1. The number of nitrogens with zero attached hydrogens (tertiary/aromatic N) is 2. The molecular formula is C23H14ClI2N3O4. The largest absolute Gasteiger partial charge is 0.487 e. The molecule has 166 valence electrons. The highest BCUT2D eigenvalue weighted by molar-refractivity contribution is 14.1. The smallest absolute Gasteiger partial charge is 0.271 e. The monoisotopic (exact) mass is 685 g/mol.